The number of ether oxygens (including phenoxy) is 2. The van der Waals surface area contributed by atoms with E-state index in [2.05, 4.69) is 10.6 Å². The van der Waals surface area contributed by atoms with Gasteiger partial charge in [0, 0.05) is 12.2 Å². The molecule has 1 atom stereocenters. The Balaban J connectivity index is 2.02. The van der Waals surface area contributed by atoms with Crippen LogP contribution in [0.15, 0.2) is 18.2 Å². The van der Waals surface area contributed by atoms with Gasteiger partial charge in [-0.15, -0.1) is 0 Å². The van der Waals surface area contributed by atoms with Crippen molar-refractivity contribution in [2.45, 2.75) is 39.5 Å². The summed E-state index contributed by atoms with van der Waals surface area (Å²) < 4.78 is 11.0. The summed E-state index contributed by atoms with van der Waals surface area (Å²) in [4.78, 5) is 12.2. The van der Waals surface area contributed by atoms with Crippen molar-refractivity contribution in [2.24, 2.45) is 0 Å². The normalized spacial score (nSPS) is 18.8. The van der Waals surface area contributed by atoms with Crippen molar-refractivity contribution in [3.63, 3.8) is 0 Å². The van der Waals surface area contributed by atoms with Crippen LogP contribution in [-0.2, 0) is 20.9 Å². The second-order valence-corrected chi connectivity index (χ2v) is 5.52. The molecular weight excluding hydrogens is 268 g/mol. The number of nitrogens with one attached hydrogen (secondary N) is 2. The standard InChI is InChI=1S/C16H24N2O3/c1-11(2)21-9-13-5-4-6-14(12(13)3)18-16(19)15-10-20-8-7-17-15/h4-6,11,15,17H,7-10H2,1-3H3,(H,18,19)/t15-/m0/s1. The van der Waals surface area contributed by atoms with Crippen LogP contribution < -0.4 is 10.6 Å². The third-order valence-electron chi connectivity index (χ3n) is 3.51. The third kappa shape index (κ3) is 4.52. The van der Waals surface area contributed by atoms with Gasteiger partial charge in [0.15, 0.2) is 0 Å². The monoisotopic (exact) mass is 292 g/mol. The first-order valence-electron chi connectivity index (χ1n) is 7.40. The molecule has 0 radical (unpaired) electrons. The molecule has 1 heterocycles. The Labute approximate surface area is 126 Å². The molecule has 1 amide bonds. The summed E-state index contributed by atoms with van der Waals surface area (Å²) >= 11 is 0. The molecule has 2 rings (SSSR count). The summed E-state index contributed by atoms with van der Waals surface area (Å²) in [6.45, 7) is 8.36. The molecule has 2 N–H and O–H groups in total. The van der Waals surface area contributed by atoms with E-state index < -0.39 is 0 Å². The van der Waals surface area contributed by atoms with Crippen molar-refractivity contribution in [1.29, 1.82) is 0 Å². The number of anilines is 1. The summed E-state index contributed by atoms with van der Waals surface area (Å²) in [5.41, 5.74) is 2.97. The summed E-state index contributed by atoms with van der Waals surface area (Å²) in [5.74, 6) is -0.0558. The minimum atomic E-state index is -0.284. The molecule has 5 heteroatoms. The Bertz CT molecular complexity index is 482. The number of hydrogen-bond donors (Lipinski definition) is 2. The lowest BCUT2D eigenvalue weighted by Crippen LogP contribution is -2.48. The van der Waals surface area contributed by atoms with Crippen molar-refractivity contribution in [3.05, 3.63) is 29.3 Å². The van der Waals surface area contributed by atoms with Crippen molar-refractivity contribution < 1.29 is 14.3 Å². The lowest BCUT2D eigenvalue weighted by Gasteiger charge is -2.23. The first kappa shape index (κ1) is 15.9. The van der Waals surface area contributed by atoms with E-state index in [-0.39, 0.29) is 18.1 Å². The number of amides is 1. The second-order valence-electron chi connectivity index (χ2n) is 5.52. The predicted molar refractivity (Wildman–Crippen MR) is 82.3 cm³/mol. The zero-order chi connectivity index (χ0) is 15.2. The van der Waals surface area contributed by atoms with E-state index in [0.29, 0.717) is 26.4 Å². The van der Waals surface area contributed by atoms with Gasteiger partial charge < -0.3 is 20.1 Å². The molecule has 0 unspecified atom stereocenters. The van der Waals surface area contributed by atoms with Gasteiger partial charge in [0.1, 0.15) is 6.04 Å². The van der Waals surface area contributed by atoms with Crippen LogP contribution >= 0.6 is 0 Å². The van der Waals surface area contributed by atoms with Crippen LogP contribution in [0.4, 0.5) is 5.69 Å². The van der Waals surface area contributed by atoms with Crippen molar-refractivity contribution in [2.75, 3.05) is 25.1 Å². The van der Waals surface area contributed by atoms with E-state index in [1.54, 1.807) is 0 Å². The number of carbonyl (C=O) groups excluding carboxylic acids is 1. The van der Waals surface area contributed by atoms with E-state index in [0.717, 1.165) is 16.8 Å². The quantitative estimate of drug-likeness (QED) is 0.869. The smallest absolute Gasteiger partial charge is 0.243 e. The molecule has 0 aliphatic carbocycles. The molecule has 0 saturated carbocycles. The van der Waals surface area contributed by atoms with E-state index in [1.807, 2.05) is 39.0 Å². The highest BCUT2D eigenvalue weighted by atomic mass is 16.5. The summed E-state index contributed by atoms with van der Waals surface area (Å²) in [5, 5.41) is 6.12. The number of benzene rings is 1. The SMILES string of the molecule is Cc1c(COC(C)C)cccc1NC(=O)[C@@H]1COCCN1. The van der Waals surface area contributed by atoms with Gasteiger partial charge in [-0.25, -0.2) is 0 Å². The first-order valence-corrected chi connectivity index (χ1v) is 7.40. The number of morpholine rings is 1. The van der Waals surface area contributed by atoms with Gasteiger partial charge in [0.2, 0.25) is 5.91 Å². The lowest BCUT2D eigenvalue weighted by molar-refractivity contribution is -0.120. The first-order chi connectivity index (χ1) is 10.1. The van der Waals surface area contributed by atoms with E-state index >= 15 is 0 Å². The molecule has 1 aliphatic rings. The van der Waals surface area contributed by atoms with Gasteiger partial charge in [-0.2, -0.15) is 0 Å². The maximum Gasteiger partial charge on any atom is 0.243 e. The van der Waals surface area contributed by atoms with E-state index in [9.17, 15) is 4.79 Å². The van der Waals surface area contributed by atoms with Crippen LogP contribution in [0.5, 0.6) is 0 Å². The predicted octanol–water partition coefficient (Wildman–Crippen LogP) is 1.85. The van der Waals surface area contributed by atoms with Crippen LogP contribution in [0.1, 0.15) is 25.0 Å². The largest absolute Gasteiger partial charge is 0.378 e. The van der Waals surface area contributed by atoms with Gasteiger partial charge in [-0.3, -0.25) is 4.79 Å². The highest BCUT2D eigenvalue weighted by Crippen LogP contribution is 2.20. The van der Waals surface area contributed by atoms with Crippen LogP contribution in [-0.4, -0.2) is 37.8 Å². The molecule has 0 bridgehead atoms. The van der Waals surface area contributed by atoms with Crippen molar-refractivity contribution in [3.8, 4) is 0 Å². The fourth-order valence-corrected chi connectivity index (χ4v) is 2.19. The van der Waals surface area contributed by atoms with Crippen LogP contribution in [0.25, 0.3) is 0 Å². The molecular formula is C16H24N2O3. The van der Waals surface area contributed by atoms with Crippen LogP contribution in [0.3, 0.4) is 0 Å². The maximum atomic E-state index is 12.2. The molecule has 0 spiro atoms. The van der Waals surface area contributed by atoms with Gasteiger partial charge in [0.05, 0.1) is 25.9 Å². The second kappa shape index (κ2) is 7.54. The molecule has 1 aromatic rings. The van der Waals surface area contributed by atoms with Crippen LogP contribution in [0.2, 0.25) is 0 Å². The topological polar surface area (TPSA) is 59.6 Å². The minimum Gasteiger partial charge on any atom is -0.378 e. The average molecular weight is 292 g/mol. The van der Waals surface area contributed by atoms with E-state index in [1.165, 1.54) is 0 Å². The Morgan fingerprint density at radius 1 is 1.52 bits per heavy atom. The molecule has 1 saturated heterocycles. The summed E-state index contributed by atoms with van der Waals surface area (Å²) in [7, 11) is 0. The molecule has 1 fully saturated rings. The molecule has 1 aliphatic heterocycles. The Morgan fingerprint density at radius 3 is 3.00 bits per heavy atom. The highest BCUT2D eigenvalue weighted by molar-refractivity contribution is 5.95. The average Bonchev–Trinajstić information content (AvgIpc) is 2.49. The fraction of sp³-hybridized carbons (Fsp3) is 0.562. The molecule has 0 aromatic heterocycles. The molecule has 116 valence electrons. The van der Waals surface area contributed by atoms with Gasteiger partial charge in [0.25, 0.3) is 0 Å². The van der Waals surface area contributed by atoms with Crippen molar-refractivity contribution >= 4 is 11.6 Å². The Kier molecular flexibility index (Phi) is 5.73. The fourth-order valence-electron chi connectivity index (χ4n) is 2.19. The van der Waals surface area contributed by atoms with Gasteiger partial charge in [-0.1, -0.05) is 12.1 Å². The number of hydrogen-bond acceptors (Lipinski definition) is 4. The number of carbonyl (C=O) groups is 1. The Morgan fingerprint density at radius 2 is 2.33 bits per heavy atom. The van der Waals surface area contributed by atoms with Crippen LogP contribution in [0, 0.1) is 6.92 Å². The Hall–Kier alpha value is -1.43. The molecule has 21 heavy (non-hydrogen) atoms. The van der Waals surface area contributed by atoms with Crippen molar-refractivity contribution in [1.82, 2.24) is 5.32 Å². The number of rotatable bonds is 5. The summed E-state index contributed by atoms with van der Waals surface area (Å²) in [6.07, 6.45) is 0.186. The third-order valence-corrected chi connectivity index (χ3v) is 3.51. The molecule has 5 nitrogen and oxygen atoms in total. The zero-order valence-corrected chi connectivity index (χ0v) is 12.9. The minimum absolute atomic E-state index is 0.0558. The van der Waals surface area contributed by atoms with E-state index in [4.69, 9.17) is 9.47 Å². The van der Waals surface area contributed by atoms with Gasteiger partial charge >= 0.3 is 0 Å². The highest BCUT2D eigenvalue weighted by Gasteiger charge is 2.21. The molecule has 1 aromatic carbocycles. The lowest BCUT2D eigenvalue weighted by atomic mass is 10.1. The van der Waals surface area contributed by atoms with Gasteiger partial charge in [-0.05, 0) is 38.0 Å². The summed E-state index contributed by atoms with van der Waals surface area (Å²) in [6, 6.07) is 5.59. The zero-order valence-electron chi connectivity index (χ0n) is 12.9. The maximum absolute atomic E-state index is 12.2.